The molecule has 0 aliphatic rings. The summed E-state index contributed by atoms with van der Waals surface area (Å²) in [6.07, 6.45) is 3.06. The zero-order valence-electron chi connectivity index (χ0n) is 18.8. The number of ether oxygens (including phenoxy) is 1. The number of aliphatic carboxylic acids is 1. The first kappa shape index (κ1) is 22.4. The third kappa shape index (κ3) is 4.06. The number of aromatic nitrogens is 4. The van der Waals surface area contributed by atoms with Crippen molar-refractivity contribution in [2.24, 2.45) is 0 Å². The molecule has 0 fully saturated rings. The molecule has 3 heterocycles. The van der Waals surface area contributed by atoms with Gasteiger partial charge in [0.15, 0.2) is 5.65 Å². The lowest BCUT2D eigenvalue weighted by molar-refractivity contribution is -0.141. The van der Waals surface area contributed by atoms with Crippen LogP contribution in [-0.4, -0.2) is 37.4 Å². The Kier molecular flexibility index (Phi) is 5.84. The Morgan fingerprint density at radius 2 is 1.86 bits per heavy atom. The van der Waals surface area contributed by atoms with E-state index in [2.05, 4.69) is 10.1 Å². The summed E-state index contributed by atoms with van der Waals surface area (Å²) in [7, 11) is 1.54. The van der Waals surface area contributed by atoms with Crippen molar-refractivity contribution >= 4 is 22.5 Å². The standard InChI is InChI=1S/C26H21FN4O4/c1-35-15-20-23(17-7-9-18(27)10-8-17)24-28-14-19-21(31(24)29-20)11-12-30(25(19)32)22(26(33)34)13-16-5-3-2-4-6-16/h2-12,14,22H,13,15H2,1H3,(H,33,34)/t22-/m0/s1. The third-order valence-electron chi connectivity index (χ3n) is 5.92. The van der Waals surface area contributed by atoms with Gasteiger partial charge in [-0.2, -0.15) is 5.10 Å². The predicted octanol–water partition coefficient (Wildman–Crippen LogP) is 3.87. The lowest BCUT2D eigenvalue weighted by atomic mass is 10.1. The number of benzene rings is 2. The average molecular weight is 472 g/mol. The maximum atomic E-state index is 13.5. The first-order chi connectivity index (χ1) is 17.0. The van der Waals surface area contributed by atoms with Crippen LogP contribution in [0, 0.1) is 5.82 Å². The van der Waals surface area contributed by atoms with Crippen LogP contribution in [0.15, 0.2) is 77.9 Å². The number of halogens is 1. The molecule has 0 saturated carbocycles. The molecule has 0 amide bonds. The number of nitrogens with zero attached hydrogens (tertiary/aromatic N) is 4. The zero-order chi connectivity index (χ0) is 24.5. The molecule has 1 N–H and O–H groups in total. The maximum Gasteiger partial charge on any atom is 0.327 e. The number of hydrogen-bond acceptors (Lipinski definition) is 5. The van der Waals surface area contributed by atoms with Crippen LogP contribution in [0.5, 0.6) is 0 Å². The fourth-order valence-corrected chi connectivity index (χ4v) is 4.27. The predicted molar refractivity (Wildman–Crippen MR) is 128 cm³/mol. The van der Waals surface area contributed by atoms with Gasteiger partial charge in [-0.15, -0.1) is 0 Å². The quantitative estimate of drug-likeness (QED) is 0.386. The number of pyridine rings is 1. The second-order valence-corrected chi connectivity index (χ2v) is 8.13. The zero-order valence-corrected chi connectivity index (χ0v) is 18.8. The van der Waals surface area contributed by atoms with Gasteiger partial charge in [-0.3, -0.25) is 4.79 Å². The number of hydrogen-bond donors (Lipinski definition) is 1. The van der Waals surface area contributed by atoms with Gasteiger partial charge < -0.3 is 14.4 Å². The second kappa shape index (κ2) is 9.11. The molecular weight excluding hydrogens is 451 g/mol. The highest BCUT2D eigenvalue weighted by Gasteiger charge is 2.24. The van der Waals surface area contributed by atoms with E-state index in [9.17, 15) is 19.1 Å². The Balaban J connectivity index is 1.67. The number of carbonyl (C=O) groups is 1. The van der Waals surface area contributed by atoms with Crippen molar-refractivity contribution in [2.45, 2.75) is 19.1 Å². The van der Waals surface area contributed by atoms with Crippen LogP contribution in [0.2, 0.25) is 0 Å². The minimum Gasteiger partial charge on any atom is -0.480 e. The lowest BCUT2D eigenvalue weighted by Crippen LogP contribution is -2.31. The fraction of sp³-hybridized carbons (Fsp3) is 0.154. The van der Waals surface area contributed by atoms with Gasteiger partial charge in [0.25, 0.3) is 5.56 Å². The van der Waals surface area contributed by atoms with E-state index in [4.69, 9.17) is 4.74 Å². The molecule has 5 aromatic rings. The van der Waals surface area contributed by atoms with Gasteiger partial charge in [0.1, 0.15) is 11.9 Å². The van der Waals surface area contributed by atoms with Crippen molar-refractivity contribution < 1.29 is 19.0 Å². The Morgan fingerprint density at radius 3 is 2.54 bits per heavy atom. The van der Waals surface area contributed by atoms with Gasteiger partial charge >= 0.3 is 5.97 Å². The van der Waals surface area contributed by atoms with Crippen LogP contribution in [0.4, 0.5) is 4.39 Å². The van der Waals surface area contributed by atoms with Gasteiger partial charge in [-0.05, 0) is 29.3 Å². The van der Waals surface area contributed by atoms with Gasteiger partial charge in [-0.1, -0.05) is 42.5 Å². The maximum absolute atomic E-state index is 13.5. The lowest BCUT2D eigenvalue weighted by Gasteiger charge is -2.16. The normalized spacial score (nSPS) is 12.3. The highest BCUT2D eigenvalue weighted by Crippen LogP contribution is 2.30. The molecular formula is C26H21FN4O4. The topological polar surface area (TPSA) is 98.7 Å². The van der Waals surface area contributed by atoms with Crippen molar-refractivity contribution in [3.05, 3.63) is 100 Å². The number of carboxylic acid groups (broad SMARTS) is 1. The monoisotopic (exact) mass is 472 g/mol. The number of carboxylic acids is 1. The Morgan fingerprint density at radius 1 is 1.11 bits per heavy atom. The number of rotatable bonds is 7. The summed E-state index contributed by atoms with van der Waals surface area (Å²) in [5.41, 5.74) is 3.25. The van der Waals surface area contributed by atoms with E-state index in [0.717, 1.165) is 5.56 Å². The molecule has 176 valence electrons. The summed E-state index contributed by atoms with van der Waals surface area (Å²) >= 11 is 0. The summed E-state index contributed by atoms with van der Waals surface area (Å²) in [5, 5.41) is 14.7. The molecule has 0 saturated heterocycles. The summed E-state index contributed by atoms with van der Waals surface area (Å²) in [6, 6.07) is 15.7. The van der Waals surface area contributed by atoms with Crippen LogP contribution >= 0.6 is 0 Å². The molecule has 0 aliphatic carbocycles. The summed E-state index contributed by atoms with van der Waals surface area (Å²) in [4.78, 5) is 29.9. The largest absolute Gasteiger partial charge is 0.480 e. The first-order valence-electron chi connectivity index (χ1n) is 10.9. The highest BCUT2D eigenvalue weighted by atomic mass is 19.1. The molecule has 3 aromatic heterocycles. The Hall–Kier alpha value is -4.37. The second-order valence-electron chi connectivity index (χ2n) is 8.13. The Labute approximate surface area is 198 Å². The van der Waals surface area contributed by atoms with Crippen molar-refractivity contribution in [1.82, 2.24) is 19.2 Å². The molecule has 8 nitrogen and oxygen atoms in total. The molecule has 0 aliphatic heterocycles. The fourth-order valence-electron chi connectivity index (χ4n) is 4.27. The van der Waals surface area contributed by atoms with Gasteiger partial charge in [0.2, 0.25) is 0 Å². The summed E-state index contributed by atoms with van der Waals surface area (Å²) in [6.45, 7) is 0.187. The molecule has 5 rings (SSSR count). The van der Waals surface area contributed by atoms with Crippen molar-refractivity contribution in [3.8, 4) is 11.1 Å². The molecule has 0 spiro atoms. The minimum atomic E-state index is -1.11. The number of fused-ring (bicyclic) bond motifs is 3. The van der Waals surface area contributed by atoms with Crippen LogP contribution in [0.3, 0.4) is 0 Å². The van der Waals surface area contributed by atoms with Crippen molar-refractivity contribution in [2.75, 3.05) is 7.11 Å². The van der Waals surface area contributed by atoms with E-state index >= 15 is 0 Å². The van der Waals surface area contributed by atoms with E-state index in [1.54, 1.807) is 29.8 Å². The molecule has 35 heavy (non-hydrogen) atoms. The summed E-state index contributed by atoms with van der Waals surface area (Å²) < 4.78 is 21.6. The van der Waals surface area contributed by atoms with Gasteiger partial charge in [0, 0.05) is 25.9 Å². The highest BCUT2D eigenvalue weighted by molar-refractivity contribution is 5.86. The summed E-state index contributed by atoms with van der Waals surface area (Å²) in [5.74, 6) is -1.47. The van der Waals surface area contributed by atoms with Gasteiger partial charge in [0.05, 0.1) is 28.8 Å². The number of methoxy groups -OCH3 is 1. The smallest absolute Gasteiger partial charge is 0.327 e. The molecule has 0 radical (unpaired) electrons. The minimum absolute atomic E-state index is 0.158. The van der Waals surface area contributed by atoms with Gasteiger partial charge in [-0.25, -0.2) is 18.7 Å². The van der Waals surface area contributed by atoms with Crippen LogP contribution in [0.1, 0.15) is 17.3 Å². The van der Waals surface area contributed by atoms with E-state index in [1.165, 1.54) is 29.1 Å². The SMILES string of the molecule is COCc1nn2c(ncc3c(=O)n([C@@H](Cc4ccccc4)C(=O)O)ccc32)c1-c1ccc(F)cc1. The van der Waals surface area contributed by atoms with E-state index < -0.39 is 17.6 Å². The van der Waals surface area contributed by atoms with E-state index in [-0.39, 0.29) is 24.2 Å². The molecule has 1 atom stereocenters. The van der Waals surface area contributed by atoms with E-state index in [1.807, 2.05) is 30.3 Å². The molecule has 0 unspecified atom stereocenters. The molecule has 0 bridgehead atoms. The Bertz CT molecular complexity index is 1590. The molecule has 2 aromatic carbocycles. The van der Waals surface area contributed by atoms with Crippen LogP contribution < -0.4 is 5.56 Å². The van der Waals surface area contributed by atoms with Crippen molar-refractivity contribution in [3.63, 3.8) is 0 Å². The van der Waals surface area contributed by atoms with E-state index in [0.29, 0.717) is 28.0 Å². The van der Waals surface area contributed by atoms with Crippen LogP contribution in [-0.2, 0) is 22.6 Å². The van der Waals surface area contributed by atoms with Crippen molar-refractivity contribution in [1.29, 1.82) is 0 Å². The first-order valence-corrected chi connectivity index (χ1v) is 10.9. The molecule has 9 heteroatoms. The third-order valence-corrected chi connectivity index (χ3v) is 5.92. The average Bonchev–Trinajstić information content (AvgIpc) is 3.23. The van der Waals surface area contributed by atoms with Crippen LogP contribution in [0.25, 0.3) is 27.7 Å².